The van der Waals surface area contributed by atoms with Gasteiger partial charge in [-0.2, -0.15) is 0 Å². The fourth-order valence-electron chi connectivity index (χ4n) is 3.64. The molecule has 2 aromatic rings. The van der Waals surface area contributed by atoms with Gasteiger partial charge in [0.2, 0.25) is 22.9 Å². The van der Waals surface area contributed by atoms with E-state index in [0.717, 1.165) is 5.56 Å². The molecule has 0 aliphatic carbocycles. The maximum atomic E-state index is 12.2. The largest absolute Gasteiger partial charge is 0.474 e. The minimum absolute atomic E-state index is 0.0749. The molecule has 1 aromatic heterocycles. The summed E-state index contributed by atoms with van der Waals surface area (Å²) in [5, 5.41) is 0. The summed E-state index contributed by atoms with van der Waals surface area (Å²) in [5.74, 6) is 1.21. The van der Waals surface area contributed by atoms with Gasteiger partial charge in [0, 0.05) is 31.8 Å². The number of nitrogens with zero attached hydrogens (tertiary/aromatic N) is 3. The average Bonchev–Trinajstić information content (AvgIpc) is 2.79. The number of amides is 1. The molecule has 2 N–H and O–H groups in total. The molecule has 2 saturated heterocycles. The highest BCUT2D eigenvalue weighted by Gasteiger charge is 2.30. The van der Waals surface area contributed by atoms with Gasteiger partial charge in [0.15, 0.2) is 0 Å². The van der Waals surface area contributed by atoms with Crippen LogP contribution in [-0.2, 0) is 13.1 Å². The zero-order valence-corrected chi connectivity index (χ0v) is 20.8. The minimum Gasteiger partial charge on any atom is -0.474 e. The van der Waals surface area contributed by atoms with Crippen LogP contribution in [-0.4, -0.2) is 68.1 Å². The quantitative estimate of drug-likeness (QED) is 0.581. The van der Waals surface area contributed by atoms with Gasteiger partial charge in [-0.05, 0) is 38.5 Å². The van der Waals surface area contributed by atoms with Gasteiger partial charge in [-0.25, -0.2) is 14.8 Å². The van der Waals surface area contributed by atoms with Gasteiger partial charge in [-0.15, -0.1) is 0 Å². The van der Waals surface area contributed by atoms with Crippen LogP contribution in [0.2, 0.25) is 0 Å². The summed E-state index contributed by atoms with van der Waals surface area (Å²) in [7, 11) is 0. The van der Waals surface area contributed by atoms with Gasteiger partial charge in [-0.3, -0.25) is 17.5 Å². The first kappa shape index (κ1) is 25.5. The highest BCUT2D eigenvalue weighted by atomic mass is 32.3. The molecule has 35 heavy (non-hydrogen) atoms. The van der Waals surface area contributed by atoms with Crippen molar-refractivity contribution < 1.29 is 36.5 Å². The third-order valence-electron chi connectivity index (χ3n) is 5.42. The summed E-state index contributed by atoms with van der Waals surface area (Å²) in [6, 6.07) is 8.93. The summed E-state index contributed by atoms with van der Waals surface area (Å²) in [6.07, 6.45) is 2.34. The van der Waals surface area contributed by atoms with Crippen LogP contribution in [0.1, 0.15) is 45.1 Å². The smallest absolute Gasteiger partial charge is 0.410 e. The molecule has 2 fully saturated rings. The summed E-state index contributed by atoms with van der Waals surface area (Å²) >= 11 is -3.37. The fourth-order valence-corrected chi connectivity index (χ4v) is 4.39. The molecule has 2 aliphatic heterocycles. The van der Waals surface area contributed by atoms with Crippen molar-refractivity contribution >= 4 is 17.2 Å². The Labute approximate surface area is 206 Å². The molecular weight excluding hydrogens is 478 g/mol. The number of carbonyl (C=O) groups excluding carboxylic acids is 1. The standard InChI is InChI=1S/C23H31N3O8S/c1-23(2,3)34-22(27)26-10-8-19(9-11-26)33-21-12-20(24-15-25-21)32-18-6-4-16(5-7-18)17-13-30-35(28,29)31-14-17/h4-7,12,15,17,19,28-29H,8-11,13-14H2,1-3H3. The van der Waals surface area contributed by atoms with Crippen molar-refractivity contribution in [3.8, 4) is 17.5 Å². The Morgan fingerprint density at radius 1 is 1.06 bits per heavy atom. The monoisotopic (exact) mass is 509 g/mol. The number of carbonyl (C=O) groups is 1. The van der Waals surface area contributed by atoms with Crippen LogP contribution in [0.15, 0.2) is 36.7 Å². The third kappa shape index (κ3) is 7.42. The Bertz CT molecular complexity index is 997. The Kier molecular flexibility index (Phi) is 7.67. The van der Waals surface area contributed by atoms with Crippen molar-refractivity contribution in [2.24, 2.45) is 0 Å². The predicted molar refractivity (Wildman–Crippen MR) is 127 cm³/mol. The number of ether oxygens (including phenoxy) is 3. The second-order valence-electron chi connectivity index (χ2n) is 9.36. The molecule has 0 saturated carbocycles. The van der Waals surface area contributed by atoms with E-state index in [2.05, 4.69) is 9.97 Å². The first-order valence-corrected chi connectivity index (χ1v) is 12.8. The Balaban J connectivity index is 1.28. The van der Waals surface area contributed by atoms with Crippen LogP contribution >= 0.6 is 11.2 Å². The zero-order valence-electron chi connectivity index (χ0n) is 20.0. The van der Waals surface area contributed by atoms with Crippen molar-refractivity contribution in [1.82, 2.24) is 14.9 Å². The molecule has 0 atom stereocenters. The Morgan fingerprint density at radius 3 is 2.31 bits per heavy atom. The van der Waals surface area contributed by atoms with Crippen LogP contribution in [0, 0.1) is 0 Å². The summed E-state index contributed by atoms with van der Waals surface area (Å²) in [4.78, 5) is 22.3. The van der Waals surface area contributed by atoms with Crippen LogP contribution in [0.5, 0.6) is 17.5 Å². The van der Waals surface area contributed by atoms with Crippen LogP contribution in [0.25, 0.3) is 0 Å². The predicted octanol–water partition coefficient (Wildman–Crippen LogP) is 4.76. The van der Waals surface area contributed by atoms with E-state index in [4.69, 9.17) is 22.6 Å². The van der Waals surface area contributed by atoms with Gasteiger partial charge in [0.1, 0.15) is 23.8 Å². The average molecular weight is 510 g/mol. The lowest BCUT2D eigenvalue weighted by Crippen LogP contribution is -2.44. The Hall–Kier alpha value is -2.64. The third-order valence-corrected chi connectivity index (χ3v) is 6.30. The molecule has 0 spiro atoms. The van der Waals surface area contributed by atoms with Gasteiger partial charge in [0.05, 0.1) is 19.3 Å². The summed E-state index contributed by atoms with van der Waals surface area (Å²) in [5.41, 5.74) is 0.408. The molecule has 0 unspecified atom stereocenters. The second-order valence-corrected chi connectivity index (χ2v) is 10.7. The Morgan fingerprint density at radius 2 is 1.69 bits per heavy atom. The fraction of sp³-hybridized carbons (Fsp3) is 0.522. The van der Waals surface area contributed by atoms with Crippen molar-refractivity contribution in [2.45, 2.75) is 51.2 Å². The number of hydrogen-bond donors (Lipinski definition) is 2. The van der Waals surface area contributed by atoms with Crippen LogP contribution in [0.4, 0.5) is 4.79 Å². The number of hydrogen-bond acceptors (Lipinski definition) is 10. The lowest BCUT2D eigenvalue weighted by molar-refractivity contribution is 0.0122. The molecule has 0 bridgehead atoms. The van der Waals surface area contributed by atoms with E-state index in [0.29, 0.717) is 43.4 Å². The van der Waals surface area contributed by atoms with E-state index >= 15 is 0 Å². The van der Waals surface area contributed by atoms with Crippen molar-refractivity contribution in [1.29, 1.82) is 0 Å². The van der Waals surface area contributed by atoms with Crippen LogP contribution < -0.4 is 9.47 Å². The molecule has 0 radical (unpaired) electrons. The van der Waals surface area contributed by atoms with E-state index < -0.39 is 16.8 Å². The molecule has 3 heterocycles. The molecule has 1 aromatic carbocycles. The van der Waals surface area contributed by atoms with Gasteiger partial charge < -0.3 is 19.1 Å². The summed E-state index contributed by atoms with van der Waals surface area (Å²) in [6.45, 7) is 6.97. The van der Waals surface area contributed by atoms with E-state index in [-0.39, 0.29) is 31.3 Å². The van der Waals surface area contributed by atoms with Gasteiger partial charge in [-0.1, -0.05) is 12.1 Å². The molecule has 192 valence electrons. The van der Waals surface area contributed by atoms with E-state index in [1.165, 1.54) is 6.33 Å². The molecular formula is C23H31N3O8S. The number of aromatic nitrogens is 2. The molecule has 4 rings (SSSR count). The molecule has 12 heteroatoms. The number of rotatable bonds is 5. The lowest BCUT2D eigenvalue weighted by atomic mass is 10.0. The summed E-state index contributed by atoms with van der Waals surface area (Å²) < 4.78 is 45.9. The first-order valence-electron chi connectivity index (χ1n) is 11.4. The highest BCUT2D eigenvalue weighted by molar-refractivity contribution is 8.16. The minimum atomic E-state index is -3.37. The van der Waals surface area contributed by atoms with Gasteiger partial charge >= 0.3 is 6.09 Å². The SMILES string of the molecule is CC(C)(C)OC(=O)N1CCC(Oc2cc(Oc3ccc(C4COS(O)(O)OC4)cc3)ncn2)CC1. The van der Waals surface area contributed by atoms with Crippen molar-refractivity contribution in [2.75, 3.05) is 26.3 Å². The maximum Gasteiger partial charge on any atom is 0.410 e. The molecule has 1 amide bonds. The van der Waals surface area contributed by atoms with E-state index in [1.54, 1.807) is 23.1 Å². The highest BCUT2D eigenvalue weighted by Crippen LogP contribution is 2.46. The van der Waals surface area contributed by atoms with Crippen molar-refractivity contribution in [3.63, 3.8) is 0 Å². The molecule has 2 aliphatic rings. The molecule has 11 nitrogen and oxygen atoms in total. The number of piperidine rings is 1. The topological polar surface area (TPSA) is 133 Å². The second kappa shape index (κ2) is 10.5. The maximum absolute atomic E-state index is 12.2. The van der Waals surface area contributed by atoms with Gasteiger partial charge in [0.25, 0.3) is 0 Å². The number of likely N-dealkylation sites (tertiary alicyclic amines) is 1. The normalized spacial score (nSPS) is 20.2. The number of benzene rings is 1. The lowest BCUT2D eigenvalue weighted by Gasteiger charge is -2.33. The van der Waals surface area contributed by atoms with Crippen molar-refractivity contribution in [3.05, 3.63) is 42.2 Å². The zero-order chi connectivity index (χ0) is 25.1. The first-order chi connectivity index (χ1) is 16.6. The van der Waals surface area contributed by atoms with E-state index in [1.807, 2.05) is 32.9 Å². The van der Waals surface area contributed by atoms with E-state index in [9.17, 15) is 13.9 Å². The van der Waals surface area contributed by atoms with Crippen LogP contribution in [0.3, 0.4) is 0 Å².